The number of aromatic nitrogens is 1. The first-order valence-corrected chi connectivity index (χ1v) is 10.1. The van der Waals surface area contributed by atoms with Crippen LogP contribution in [-0.4, -0.2) is 54.3 Å². The van der Waals surface area contributed by atoms with Crippen LogP contribution in [0.4, 0.5) is 19.0 Å². The van der Waals surface area contributed by atoms with Gasteiger partial charge in [0.1, 0.15) is 11.9 Å². The Labute approximate surface area is 188 Å². The SMILES string of the molecule is CNC(=O)c1cnc(N)c(O[C@H]2CN(C(=O)Cc3ccc(OC(F)(F)F)cc3)CC2(C)C)c1. The topological polar surface area (TPSA) is 107 Å². The molecule has 1 aromatic carbocycles. The van der Waals surface area contributed by atoms with Crippen molar-refractivity contribution in [3.8, 4) is 11.5 Å². The van der Waals surface area contributed by atoms with E-state index in [4.69, 9.17) is 10.5 Å². The number of hydrogen-bond acceptors (Lipinski definition) is 6. The number of alkyl halides is 3. The second-order valence-corrected chi connectivity index (χ2v) is 8.42. The predicted molar refractivity (Wildman–Crippen MR) is 114 cm³/mol. The summed E-state index contributed by atoms with van der Waals surface area (Å²) in [7, 11) is 1.50. The summed E-state index contributed by atoms with van der Waals surface area (Å²) < 4.78 is 46.8. The van der Waals surface area contributed by atoms with Gasteiger partial charge in [-0.05, 0) is 23.8 Å². The highest BCUT2D eigenvalue weighted by atomic mass is 19.4. The Kier molecular flexibility index (Phi) is 6.71. The molecule has 33 heavy (non-hydrogen) atoms. The molecule has 2 aromatic rings. The molecule has 0 spiro atoms. The molecule has 0 saturated carbocycles. The van der Waals surface area contributed by atoms with Crippen molar-refractivity contribution in [1.82, 2.24) is 15.2 Å². The van der Waals surface area contributed by atoms with Gasteiger partial charge in [0, 0.05) is 25.2 Å². The van der Waals surface area contributed by atoms with E-state index >= 15 is 0 Å². The van der Waals surface area contributed by atoms with E-state index in [0.717, 1.165) is 0 Å². The van der Waals surface area contributed by atoms with Crippen LogP contribution in [0, 0.1) is 5.41 Å². The lowest BCUT2D eigenvalue weighted by Gasteiger charge is -2.26. The van der Waals surface area contributed by atoms with Gasteiger partial charge in [-0.2, -0.15) is 0 Å². The highest BCUT2D eigenvalue weighted by molar-refractivity contribution is 5.94. The standard InChI is InChI=1S/C22H25F3N4O4/c1-21(2)12-29(18(30)8-13-4-6-15(7-5-13)33-22(23,24)25)11-17(21)32-16-9-14(20(31)27-3)10-28-19(16)26/h4-7,9-10,17H,8,11-12H2,1-3H3,(H2,26,28)(H,27,31)/t17-/m0/s1. The lowest BCUT2D eigenvalue weighted by molar-refractivity contribution is -0.274. The second-order valence-electron chi connectivity index (χ2n) is 8.42. The zero-order valence-corrected chi connectivity index (χ0v) is 18.4. The normalized spacial score (nSPS) is 17.5. The summed E-state index contributed by atoms with van der Waals surface area (Å²) in [5.74, 6) is -0.488. The van der Waals surface area contributed by atoms with Gasteiger partial charge in [0.15, 0.2) is 11.6 Å². The van der Waals surface area contributed by atoms with Gasteiger partial charge in [-0.15, -0.1) is 13.2 Å². The van der Waals surface area contributed by atoms with Crippen LogP contribution in [0.5, 0.6) is 11.5 Å². The second kappa shape index (κ2) is 9.16. The van der Waals surface area contributed by atoms with Gasteiger partial charge in [0.2, 0.25) is 5.91 Å². The molecule has 0 aliphatic carbocycles. The smallest absolute Gasteiger partial charge is 0.484 e. The Balaban J connectivity index is 1.66. The Hall–Kier alpha value is -3.50. The number of nitrogens with two attached hydrogens (primary N) is 1. The number of nitrogen functional groups attached to an aromatic ring is 1. The predicted octanol–water partition coefficient (Wildman–Crippen LogP) is 2.78. The zero-order chi connectivity index (χ0) is 24.4. The van der Waals surface area contributed by atoms with Gasteiger partial charge in [0.25, 0.3) is 5.91 Å². The van der Waals surface area contributed by atoms with Crippen molar-refractivity contribution in [1.29, 1.82) is 0 Å². The van der Waals surface area contributed by atoms with Crippen LogP contribution in [-0.2, 0) is 11.2 Å². The molecular weight excluding hydrogens is 441 g/mol. The molecule has 3 rings (SSSR count). The first kappa shape index (κ1) is 24.1. The first-order valence-electron chi connectivity index (χ1n) is 10.1. The van der Waals surface area contributed by atoms with Crippen molar-refractivity contribution in [3.63, 3.8) is 0 Å². The minimum Gasteiger partial charge on any atom is -0.484 e. The number of nitrogens with one attached hydrogen (secondary N) is 1. The molecular formula is C22H25F3N4O4. The van der Waals surface area contributed by atoms with E-state index < -0.39 is 17.9 Å². The third kappa shape index (κ3) is 6.05. The summed E-state index contributed by atoms with van der Waals surface area (Å²) in [4.78, 5) is 30.4. The van der Waals surface area contributed by atoms with Gasteiger partial charge >= 0.3 is 6.36 Å². The average molecular weight is 466 g/mol. The number of anilines is 1. The molecule has 11 heteroatoms. The summed E-state index contributed by atoms with van der Waals surface area (Å²) in [6.07, 6.45) is -3.81. The number of hydrogen-bond donors (Lipinski definition) is 2. The number of benzene rings is 1. The highest BCUT2D eigenvalue weighted by Crippen LogP contribution is 2.35. The van der Waals surface area contributed by atoms with Crippen LogP contribution in [0.1, 0.15) is 29.8 Å². The van der Waals surface area contributed by atoms with Crippen LogP contribution in [0.3, 0.4) is 0 Å². The molecule has 0 bridgehead atoms. The van der Waals surface area contributed by atoms with E-state index in [0.29, 0.717) is 17.7 Å². The van der Waals surface area contributed by atoms with Crippen molar-refractivity contribution in [2.75, 3.05) is 25.9 Å². The van der Waals surface area contributed by atoms with Crippen LogP contribution < -0.4 is 20.5 Å². The molecule has 1 saturated heterocycles. The monoisotopic (exact) mass is 466 g/mol. The van der Waals surface area contributed by atoms with Crippen LogP contribution in [0.15, 0.2) is 36.5 Å². The van der Waals surface area contributed by atoms with Crippen molar-refractivity contribution >= 4 is 17.6 Å². The zero-order valence-electron chi connectivity index (χ0n) is 18.4. The first-order chi connectivity index (χ1) is 15.4. The number of pyridine rings is 1. The summed E-state index contributed by atoms with van der Waals surface area (Å²) in [6.45, 7) is 4.58. The Bertz CT molecular complexity index is 1030. The van der Waals surface area contributed by atoms with E-state index in [1.54, 1.807) is 4.90 Å². The van der Waals surface area contributed by atoms with Gasteiger partial charge in [-0.25, -0.2) is 4.98 Å². The average Bonchev–Trinajstić information content (AvgIpc) is 3.03. The van der Waals surface area contributed by atoms with Crippen LogP contribution in [0.2, 0.25) is 0 Å². The van der Waals surface area contributed by atoms with Gasteiger partial charge in [0.05, 0.1) is 18.5 Å². The molecule has 2 heterocycles. The van der Waals surface area contributed by atoms with E-state index in [-0.39, 0.29) is 42.1 Å². The van der Waals surface area contributed by atoms with Crippen LogP contribution >= 0.6 is 0 Å². The minimum atomic E-state index is -4.77. The van der Waals surface area contributed by atoms with Crippen molar-refractivity contribution in [2.45, 2.75) is 32.7 Å². The van der Waals surface area contributed by atoms with E-state index in [1.807, 2.05) is 13.8 Å². The van der Waals surface area contributed by atoms with Gasteiger partial charge in [-0.3, -0.25) is 9.59 Å². The third-order valence-electron chi connectivity index (χ3n) is 5.36. The van der Waals surface area contributed by atoms with E-state index in [2.05, 4.69) is 15.0 Å². The molecule has 2 amide bonds. The number of halogens is 3. The van der Waals surface area contributed by atoms with Gasteiger partial charge in [-0.1, -0.05) is 26.0 Å². The maximum Gasteiger partial charge on any atom is 0.573 e. The lowest BCUT2D eigenvalue weighted by atomic mass is 9.90. The lowest BCUT2D eigenvalue weighted by Crippen LogP contribution is -2.33. The molecule has 1 aliphatic heterocycles. The maximum atomic E-state index is 12.8. The van der Waals surface area contributed by atoms with Gasteiger partial charge < -0.3 is 25.4 Å². The largest absolute Gasteiger partial charge is 0.573 e. The summed E-state index contributed by atoms with van der Waals surface area (Å²) in [5, 5.41) is 2.51. The van der Waals surface area contributed by atoms with Crippen molar-refractivity contribution < 1.29 is 32.2 Å². The molecule has 1 fully saturated rings. The fraction of sp³-hybridized carbons (Fsp3) is 0.409. The number of nitrogens with zero attached hydrogens (tertiary/aromatic N) is 2. The number of rotatable bonds is 6. The Morgan fingerprint density at radius 1 is 1.27 bits per heavy atom. The Morgan fingerprint density at radius 2 is 1.94 bits per heavy atom. The highest BCUT2D eigenvalue weighted by Gasteiger charge is 2.43. The fourth-order valence-corrected chi connectivity index (χ4v) is 3.56. The molecule has 1 aromatic heterocycles. The molecule has 0 unspecified atom stereocenters. The van der Waals surface area contributed by atoms with Crippen molar-refractivity contribution in [2.24, 2.45) is 5.41 Å². The molecule has 178 valence electrons. The molecule has 1 aliphatic rings. The van der Waals surface area contributed by atoms with E-state index in [1.165, 1.54) is 43.6 Å². The number of likely N-dealkylation sites (tertiary alicyclic amines) is 1. The third-order valence-corrected chi connectivity index (χ3v) is 5.36. The van der Waals surface area contributed by atoms with E-state index in [9.17, 15) is 22.8 Å². The summed E-state index contributed by atoms with van der Waals surface area (Å²) in [6, 6.07) is 6.69. The molecule has 3 N–H and O–H groups in total. The number of carbonyl (C=O) groups excluding carboxylic acids is 2. The molecule has 0 radical (unpaired) electrons. The summed E-state index contributed by atoms with van der Waals surface area (Å²) in [5.41, 5.74) is 6.35. The number of amides is 2. The summed E-state index contributed by atoms with van der Waals surface area (Å²) >= 11 is 0. The fourth-order valence-electron chi connectivity index (χ4n) is 3.56. The minimum absolute atomic E-state index is 0.0188. The van der Waals surface area contributed by atoms with Crippen molar-refractivity contribution in [3.05, 3.63) is 47.7 Å². The van der Waals surface area contributed by atoms with Crippen LogP contribution in [0.25, 0.3) is 0 Å². The molecule has 8 nitrogen and oxygen atoms in total. The number of ether oxygens (including phenoxy) is 2. The quantitative estimate of drug-likeness (QED) is 0.678. The number of carbonyl (C=O) groups is 2. The maximum absolute atomic E-state index is 12.8. The Morgan fingerprint density at radius 3 is 2.55 bits per heavy atom. The molecule has 1 atom stereocenters.